The number of ether oxygens (including phenoxy) is 1. The van der Waals surface area contributed by atoms with Gasteiger partial charge >= 0.3 is 0 Å². The molecule has 5 nitrogen and oxygen atoms in total. The second-order valence-corrected chi connectivity index (χ2v) is 6.37. The van der Waals surface area contributed by atoms with E-state index in [9.17, 15) is 4.79 Å². The molecule has 122 valence electrons. The maximum absolute atomic E-state index is 12.0. The van der Waals surface area contributed by atoms with E-state index in [2.05, 4.69) is 15.5 Å². The highest BCUT2D eigenvalue weighted by Gasteiger charge is 2.10. The van der Waals surface area contributed by atoms with Crippen LogP contribution in [0.5, 0.6) is 5.75 Å². The highest BCUT2D eigenvalue weighted by molar-refractivity contribution is 7.15. The summed E-state index contributed by atoms with van der Waals surface area (Å²) in [5.74, 6) is 0.553. The lowest BCUT2D eigenvalue weighted by atomic mass is 10.2. The second kappa shape index (κ2) is 7.90. The number of rotatable bonds is 6. The van der Waals surface area contributed by atoms with E-state index in [0.717, 1.165) is 10.8 Å². The molecule has 2 aromatic carbocycles. The number of hydrogen-bond donors (Lipinski definition) is 1. The third-order valence-electron chi connectivity index (χ3n) is 3.12. The SMILES string of the molecule is O=C(Nc1nnc(CCOc2ccc(Cl)cc2)s1)c1ccccc1. The predicted molar refractivity (Wildman–Crippen MR) is 95.0 cm³/mol. The molecule has 0 spiro atoms. The van der Waals surface area contributed by atoms with Crippen molar-refractivity contribution < 1.29 is 9.53 Å². The summed E-state index contributed by atoms with van der Waals surface area (Å²) < 4.78 is 5.62. The van der Waals surface area contributed by atoms with E-state index in [1.54, 1.807) is 24.3 Å². The summed E-state index contributed by atoms with van der Waals surface area (Å²) in [5, 5.41) is 12.7. The fraction of sp³-hybridized carbons (Fsp3) is 0.118. The molecule has 3 aromatic rings. The fourth-order valence-corrected chi connectivity index (χ4v) is 2.79. The maximum atomic E-state index is 12.0. The number of aromatic nitrogens is 2. The van der Waals surface area contributed by atoms with Crippen molar-refractivity contribution in [1.82, 2.24) is 10.2 Å². The fourth-order valence-electron chi connectivity index (χ4n) is 1.95. The zero-order chi connectivity index (χ0) is 16.8. The van der Waals surface area contributed by atoms with Gasteiger partial charge in [0.25, 0.3) is 5.91 Å². The third kappa shape index (κ3) is 4.53. The lowest BCUT2D eigenvalue weighted by Crippen LogP contribution is -2.11. The van der Waals surface area contributed by atoms with Crippen LogP contribution in [-0.2, 0) is 6.42 Å². The molecule has 24 heavy (non-hydrogen) atoms. The van der Waals surface area contributed by atoms with Crippen LogP contribution >= 0.6 is 22.9 Å². The van der Waals surface area contributed by atoms with Crippen LogP contribution in [0, 0.1) is 0 Å². The summed E-state index contributed by atoms with van der Waals surface area (Å²) >= 11 is 7.16. The molecule has 1 aromatic heterocycles. The molecule has 0 aliphatic carbocycles. The lowest BCUT2D eigenvalue weighted by Gasteiger charge is -2.04. The summed E-state index contributed by atoms with van der Waals surface area (Å²) in [7, 11) is 0. The first-order valence-electron chi connectivity index (χ1n) is 7.28. The molecule has 0 saturated heterocycles. The largest absolute Gasteiger partial charge is 0.493 e. The molecular formula is C17H14ClN3O2S. The first-order chi connectivity index (χ1) is 11.7. The van der Waals surface area contributed by atoms with Gasteiger partial charge in [-0.1, -0.05) is 41.1 Å². The Bertz CT molecular complexity index is 806. The Morgan fingerprint density at radius 1 is 1.08 bits per heavy atom. The molecule has 0 atom stereocenters. The normalized spacial score (nSPS) is 10.4. The number of carbonyl (C=O) groups excluding carboxylic acids is 1. The van der Waals surface area contributed by atoms with Crippen molar-refractivity contribution in [3.63, 3.8) is 0 Å². The van der Waals surface area contributed by atoms with Gasteiger partial charge in [-0.25, -0.2) is 0 Å². The summed E-state index contributed by atoms with van der Waals surface area (Å²) in [6, 6.07) is 16.2. The van der Waals surface area contributed by atoms with E-state index in [1.165, 1.54) is 11.3 Å². The van der Waals surface area contributed by atoms with Gasteiger partial charge in [-0.05, 0) is 36.4 Å². The molecule has 1 N–H and O–H groups in total. The Hall–Kier alpha value is -2.44. The molecule has 0 unspecified atom stereocenters. The minimum Gasteiger partial charge on any atom is -0.493 e. The van der Waals surface area contributed by atoms with Crippen molar-refractivity contribution >= 4 is 34.0 Å². The smallest absolute Gasteiger partial charge is 0.257 e. The molecule has 0 fully saturated rings. The number of nitrogens with one attached hydrogen (secondary N) is 1. The van der Waals surface area contributed by atoms with Gasteiger partial charge in [0.1, 0.15) is 10.8 Å². The zero-order valence-electron chi connectivity index (χ0n) is 12.6. The van der Waals surface area contributed by atoms with Crippen LogP contribution in [-0.4, -0.2) is 22.7 Å². The molecular weight excluding hydrogens is 346 g/mol. The van der Waals surface area contributed by atoms with Crippen molar-refractivity contribution in [1.29, 1.82) is 0 Å². The van der Waals surface area contributed by atoms with Gasteiger partial charge in [0.2, 0.25) is 5.13 Å². The molecule has 3 rings (SSSR count). The van der Waals surface area contributed by atoms with E-state index in [0.29, 0.717) is 28.7 Å². The average molecular weight is 360 g/mol. The van der Waals surface area contributed by atoms with Gasteiger partial charge in [-0.3, -0.25) is 10.1 Å². The van der Waals surface area contributed by atoms with Crippen LogP contribution in [0.2, 0.25) is 5.02 Å². The molecule has 0 aliphatic rings. The Labute approximate surface area is 148 Å². The highest BCUT2D eigenvalue weighted by Crippen LogP contribution is 2.18. The van der Waals surface area contributed by atoms with E-state index in [1.807, 2.05) is 30.3 Å². The average Bonchev–Trinajstić information content (AvgIpc) is 3.05. The van der Waals surface area contributed by atoms with Gasteiger partial charge in [0.15, 0.2) is 0 Å². The number of amides is 1. The summed E-state index contributed by atoms with van der Waals surface area (Å²) in [5.41, 5.74) is 0.584. The molecule has 0 saturated carbocycles. The highest BCUT2D eigenvalue weighted by atomic mass is 35.5. The summed E-state index contributed by atoms with van der Waals surface area (Å²) in [4.78, 5) is 12.0. The standard InChI is InChI=1S/C17H14ClN3O2S/c18-13-6-8-14(9-7-13)23-11-10-15-20-21-17(24-15)19-16(22)12-4-2-1-3-5-12/h1-9H,10-11H2,(H,19,21,22). The van der Waals surface area contributed by atoms with Crippen molar-refractivity contribution in [2.75, 3.05) is 11.9 Å². The molecule has 1 amide bonds. The molecule has 0 radical (unpaired) electrons. The van der Waals surface area contributed by atoms with E-state index >= 15 is 0 Å². The Balaban J connectivity index is 1.50. The number of halogens is 1. The van der Waals surface area contributed by atoms with Gasteiger partial charge in [0, 0.05) is 17.0 Å². The van der Waals surface area contributed by atoms with Crippen LogP contribution in [0.1, 0.15) is 15.4 Å². The Morgan fingerprint density at radius 3 is 2.58 bits per heavy atom. The van der Waals surface area contributed by atoms with Crippen molar-refractivity contribution in [2.45, 2.75) is 6.42 Å². The molecule has 0 bridgehead atoms. The van der Waals surface area contributed by atoms with Crippen molar-refractivity contribution in [3.8, 4) is 5.75 Å². The quantitative estimate of drug-likeness (QED) is 0.720. The topological polar surface area (TPSA) is 64.1 Å². The van der Waals surface area contributed by atoms with Crippen LogP contribution in [0.25, 0.3) is 0 Å². The number of anilines is 1. The number of nitrogens with zero attached hydrogens (tertiary/aromatic N) is 2. The first kappa shape index (κ1) is 16.4. The van der Waals surface area contributed by atoms with Crippen LogP contribution in [0.4, 0.5) is 5.13 Å². The number of carbonyl (C=O) groups is 1. The third-order valence-corrected chi connectivity index (χ3v) is 4.27. The molecule has 1 heterocycles. The predicted octanol–water partition coefficient (Wildman–Crippen LogP) is 4.07. The van der Waals surface area contributed by atoms with Crippen molar-refractivity contribution in [3.05, 3.63) is 70.2 Å². The summed E-state index contributed by atoms with van der Waals surface area (Å²) in [6.45, 7) is 0.475. The number of benzene rings is 2. The van der Waals surface area contributed by atoms with Crippen LogP contribution in [0.15, 0.2) is 54.6 Å². The zero-order valence-corrected chi connectivity index (χ0v) is 14.2. The van der Waals surface area contributed by atoms with Gasteiger partial charge < -0.3 is 4.74 Å². The van der Waals surface area contributed by atoms with E-state index in [4.69, 9.17) is 16.3 Å². The first-order valence-corrected chi connectivity index (χ1v) is 8.47. The monoisotopic (exact) mass is 359 g/mol. The maximum Gasteiger partial charge on any atom is 0.257 e. The van der Waals surface area contributed by atoms with Gasteiger partial charge in [0.05, 0.1) is 6.61 Å². The Morgan fingerprint density at radius 2 is 1.83 bits per heavy atom. The minimum absolute atomic E-state index is 0.198. The second-order valence-electron chi connectivity index (χ2n) is 4.87. The Kier molecular flexibility index (Phi) is 5.40. The van der Waals surface area contributed by atoms with E-state index < -0.39 is 0 Å². The molecule has 7 heteroatoms. The van der Waals surface area contributed by atoms with E-state index in [-0.39, 0.29) is 5.91 Å². The number of hydrogen-bond acceptors (Lipinski definition) is 5. The van der Waals surface area contributed by atoms with Gasteiger partial charge in [-0.15, -0.1) is 10.2 Å². The molecule has 0 aliphatic heterocycles. The van der Waals surface area contributed by atoms with Crippen LogP contribution in [0.3, 0.4) is 0 Å². The van der Waals surface area contributed by atoms with Gasteiger partial charge in [-0.2, -0.15) is 0 Å². The summed E-state index contributed by atoms with van der Waals surface area (Å²) in [6.07, 6.45) is 0.613. The van der Waals surface area contributed by atoms with Crippen molar-refractivity contribution in [2.24, 2.45) is 0 Å². The minimum atomic E-state index is -0.198. The van der Waals surface area contributed by atoms with Crippen LogP contribution < -0.4 is 10.1 Å². The lowest BCUT2D eigenvalue weighted by molar-refractivity contribution is 0.102.